The van der Waals surface area contributed by atoms with Gasteiger partial charge >= 0.3 is 11.6 Å². The van der Waals surface area contributed by atoms with Crippen LogP contribution in [0.15, 0.2) is 72.9 Å². The number of para-hydroxylation sites is 1. The summed E-state index contributed by atoms with van der Waals surface area (Å²) in [7, 11) is 0. The quantitative estimate of drug-likeness (QED) is 0.230. The highest BCUT2D eigenvalue weighted by Gasteiger charge is 2.18. The fraction of sp³-hybridized carbons (Fsp3) is 0. The molecule has 5 nitrogen and oxygen atoms in total. The maximum atomic E-state index is 12.6. The molecule has 2 aromatic heterocycles. The van der Waals surface area contributed by atoms with Crippen molar-refractivity contribution >= 4 is 59.7 Å². The van der Waals surface area contributed by atoms with Crippen LogP contribution < -0.4 is 10.4 Å². The molecule has 2 aromatic carbocycles. The second-order valence-electron chi connectivity index (χ2n) is 5.47. The Balaban J connectivity index is 1.79. The van der Waals surface area contributed by atoms with E-state index in [1.807, 2.05) is 12.1 Å². The summed E-state index contributed by atoms with van der Waals surface area (Å²) in [5.41, 5.74) is -0.0465. The topological polar surface area (TPSA) is 69.4 Å². The van der Waals surface area contributed by atoms with Crippen molar-refractivity contribution in [3.05, 3.63) is 79.7 Å². The van der Waals surface area contributed by atoms with Crippen molar-refractivity contribution in [2.75, 3.05) is 0 Å². The lowest BCUT2D eigenvalue weighted by Gasteiger charge is -2.07. The molecule has 0 atom stereocenters. The summed E-state index contributed by atoms with van der Waals surface area (Å²) in [5.74, 6) is -0.516. The van der Waals surface area contributed by atoms with Gasteiger partial charge < -0.3 is 9.15 Å². The number of rotatable bonds is 2. The highest BCUT2D eigenvalue weighted by Crippen LogP contribution is 2.29. The van der Waals surface area contributed by atoms with E-state index < -0.39 is 11.6 Å². The largest absolute Gasteiger partial charge is 0.421 e. The number of carbonyl (C=O) groups is 1. The molecule has 0 radical (unpaired) electrons. The highest BCUT2D eigenvalue weighted by molar-refractivity contribution is 9.11. The number of nitrogens with zero attached hydrogens (tertiary/aromatic N) is 1. The second kappa shape index (κ2) is 6.66. The molecule has 7 heteroatoms. The van der Waals surface area contributed by atoms with Gasteiger partial charge in [0.05, 0.1) is 4.47 Å². The fourth-order valence-electron chi connectivity index (χ4n) is 2.61. The van der Waals surface area contributed by atoms with Crippen LogP contribution in [0, 0.1) is 0 Å². The second-order valence-corrected chi connectivity index (χ2v) is 7.24. The molecule has 0 unspecified atom stereocenters. The number of halogens is 2. The van der Waals surface area contributed by atoms with Crippen molar-refractivity contribution < 1.29 is 13.9 Å². The van der Waals surface area contributed by atoms with Crippen LogP contribution >= 0.6 is 31.9 Å². The number of carbonyl (C=O) groups excluding carboxylic acids is 1. The van der Waals surface area contributed by atoms with Crippen LogP contribution in [0.4, 0.5) is 0 Å². The van der Waals surface area contributed by atoms with Gasteiger partial charge in [-0.3, -0.25) is 4.98 Å². The highest BCUT2D eigenvalue weighted by atomic mass is 79.9. The molecule has 0 saturated carbocycles. The Morgan fingerprint density at radius 3 is 2.69 bits per heavy atom. The molecule has 0 aliphatic heterocycles. The van der Waals surface area contributed by atoms with Crippen molar-refractivity contribution in [1.82, 2.24) is 4.98 Å². The summed E-state index contributed by atoms with van der Waals surface area (Å²) in [6.45, 7) is 0. The number of pyridine rings is 1. The van der Waals surface area contributed by atoms with Gasteiger partial charge in [0.2, 0.25) is 0 Å². The number of benzene rings is 2. The summed E-state index contributed by atoms with van der Waals surface area (Å²) in [6.07, 6.45) is 1.61. The zero-order chi connectivity index (χ0) is 18.3. The molecule has 128 valence electrons. The lowest BCUT2D eigenvalue weighted by atomic mass is 10.2. The Hall–Kier alpha value is -2.51. The third kappa shape index (κ3) is 3.04. The Morgan fingerprint density at radius 2 is 1.85 bits per heavy atom. The van der Waals surface area contributed by atoms with Gasteiger partial charge in [-0.25, -0.2) is 9.59 Å². The van der Waals surface area contributed by atoms with E-state index in [9.17, 15) is 9.59 Å². The smallest absolute Gasteiger partial charge is 0.351 e. The minimum Gasteiger partial charge on any atom is -0.421 e. The maximum absolute atomic E-state index is 12.6. The van der Waals surface area contributed by atoms with Crippen molar-refractivity contribution in [3.63, 3.8) is 0 Å². The molecule has 0 amide bonds. The minimum absolute atomic E-state index is 0.185. The van der Waals surface area contributed by atoms with Crippen LogP contribution in [0.1, 0.15) is 10.4 Å². The standard InChI is InChI=1S/C19H9Br2NO4/c20-12-7-11-8-13(19(24)26-17(11)14(21)9-12)18(23)25-15-5-1-3-10-4-2-6-22-16(10)15/h1-9H. The van der Waals surface area contributed by atoms with Crippen LogP contribution in [0.25, 0.3) is 21.9 Å². The summed E-state index contributed by atoms with van der Waals surface area (Å²) in [6, 6.07) is 13.9. The van der Waals surface area contributed by atoms with Crippen molar-refractivity contribution in [2.45, 2.75) is 0 Å². The first-order chi connectivity index (χ1) is 12.5. The molecule has 0 saturated heterocycles. The van der Waals surface area contributed by atoms with Crippen molar-refractivity contribution in [3.8, 4) is 5.75 Å². The van der Waals surface area contributed by atoms with Crippen LogP contribution in [0.2, 0.25) is 0 Å². The van der Waals surface area contributed by atoms with Gasteiger partial charge in [-0.15, -0.1) is 0 Å². The van der Waals surface area contributed by atoms with E-state index in [4.69, 9.17) is 9.15 Å². The number of esters is 1. The van der Waals surface area contributed by atoms with Gasteiger partial charge in [-0.1, -0.05) is 34.1 Å². The molecule has 26 heavy (non-hydrogen) atoms. The van der Waals surface area contributed by atoms with E-state index in [-0.39, 0.29) is 11.3 Å². The van der Waals surface area contributed by atoms with E-state index in [0.29, 0.717) is 21.0 Å². The number of fused-ring (bicyclic) bond motifs is 2. The molecule has 4 rings (SSSR count). The van der Waals surface area contributed by atoms with Gasteiger partial charge in [0.25, 0.3) is 0 Å². The predicted octanol–water partition coefficient (Wildman–Crippen LogP) is 5.09. The average Bonchev–Trinajstić information content (AvgIpc) is 2.62. The fourth-order valence-corrected chi connectivity index (χ4v) is 3.95. The molecule has 0 fully saturated rings. The van der Waals surface area contributed by atoms with Gasteiger partial charge in [-0.2, -0.15) is 0 Å². The Kier molecular flexibility index (Phi) is 4.34. The SMILES string of the molecule is O=C(Oc1cccc2cccnc12)c1cc2cc(Br)cc(Br)c2oc1=O. The molecule has 2 heterocycles. The van der Waals surface area contributed by atoms with E-state index >= 15 is 0 Å². The summed E-state index contributed by atoms with van der Waals surface area (Å²) >= 11 is 6.71. The summed E-state index contributed by atoms with van der Waals surface area (Å²) in [4.78, 5) is 29.0. The number of hydrogen-bond acceptors (Lipinski definition) is 5. The van der Waals surface area contributed by atoms with Crippen molar-refractivity contribution in [2.24, 2.45) is 0 Å². The van der Waals surface area contributed by atoms with Crippen LogP contribution in [-0.2, 0) is 0 Å². The van der Waals surface area contributed by atoms with Crippen LogP contribution in [-0.4, -0.2) is 11.0 Å². The van der Waals surface area contributed by atoms with E-state index in [2.05, 4.69) is 36.8 Å². The molecular weight excluding hydrogens is 466 g/mol. The lowest BCUT2D eigenvalue weighted by Crippen LogP contribution is -2.19. The third-order valence-corrected chi connectivity index (χ3v) is 4.82. The first kappa shape index (κ1) is 16.9. The third-order valence-electron chi connectivity index (χ3n) is 3.77. The molecule has 0 N–H and O–H groups in total. The molecular formula is C19H9Br2NO4. The molecule has 0 aliphatic rings. The number of hydrogen-bond donors (Lipinski definition) is 0. The Labute approximate surface area is 163 Å². The monoisotopic (exact) mass is 473 g/mol. The Morgan fingerprint density at radius 1 is 1.04 bits per heavy atom. The summed E-state index contributed by atoms with van der Waals surface area (Å²) < 4.78 is 12.1. The Bertz CT molecular complexity index is 1230. The lowest BCUT2D eigenvalue weighted by molar-refractivity contribution is 0.0732. The van der Waals surface area contributed by atoms with Crippen LogP contribution in [0.5, 0.6) is 5.75 Å². The zero-order valence-electron chi connectivity index (χ0n) is 13.0. The van der Waals surface area contributed by atoms with E-state index in [0.717, 1.165) is 9.86 Å². The molecule has 0 aliphatic carbocycles. The van der Waals surface area contributed by atoms with Gasteiger partial charge in [0.1, 0.15) is 11.1 Å². The van der Waals surface area contributed by atoms with E-state index in [1.54, 1.807) is 36.5 Å². The first-order valence-electron chi connectivity index (χ1n) is 7.52. The normalized spacial score (nSPS) is 11.0. The van der Waals surface area contributed by atoms with Gasteiger partial charge in [0.15, 0.2) is 11.3 Å². The summed E-state index contributed by atoms with van der Waals surface area (Å²) in [5, 5.41) is 1.42. The van der Waals surface area contributed by atoms with E-state index in [1.165, 1.54) is 6.07 Å². The number of aromatic nitrogens is 1. The minimum atomic E-state index is -0.796. The van der Waals surface area contributed by atoms with Crippen LogP contribution in [0.3, 0.4) is 0 Å². The average molecular weight is 475 g/mol. The molecule has 0 spiro atoms. The maximum Gasteiger partial charge on any atom is 0.351 e. The van der Waals surface area contributed by atoms with Gasteiger partial charge in [0, 0.05) is 21.4 Å². The predicted molar refractivity (Wildman–Crippen MR) is 105 cm³/mol. The molecule has 0 bridgehead atoms. The molecule has 4 aromatic rings. The zero-order valence-corrected chi connectivity index (χ0v) is 16.2. The number of ether oxygens (including phenoxy) is 1. The van der Waals surface area contributed by atoms with Gasteiger partial charge in [-0.05, 0) is 46.3 Å². The first-order valence-corrected chi connectivity index (χ1v) is 9.10. The van der Waals surface area contributed by atoms with Crippen molar-refractivity contribution in [1.29, 1.82) is 0 Å².